The van der Waals surface area contributed by atoms with Crippen LogP contribution in [-0.4, -0.2) is 12.5 Å². The molecule has 2 N–H and O–H groups in total. The number of ether oxygens (including phenoxy) is 1. The SMILES string of the molecule is CC(CCN)=C(C)OC(=O)C1=CC=C(Cl)CC1. The fourth-order valence-corrected chi connectivity index (χ4v) is 1.62. The second kappa shape index (κ2) is 6.62. The van der Waals surface area contributed by atoms with Crippen LogP contribution in [0.5, 0.6) is 0 Å². The van der Waals surface area contributed by atoms with Gasteiger partial charge in [-0.15, -0.1) is 0 Å². The average molecular weight is 256 g/mol. The number of hydrogen-bond acceptors (Lipinski definition) is 3. The number of carbonyl (C=O) groups is 1. The summed E-state index contributed by atoms with van der Waals surface area (Å²) in [6.45, 7) is 4.26. The maximum absolute atomic E-state index is 11.8. The van der Waals surface area contributed by atoms with E-state index in [1.54, 1.807) is 19.1 Å². The van der Waals surface area contributed by atoms with E-state index in [2.05, 4.69) is 0 Å². The normalized spacial score (nSPS) is 16.9. The quantitative estimate of drug-likeness (QED) is 0.621. The van der Waals surface area contributed by atoms with Gasteiger partial charge in [0.15, 0.2) is 0 Å². The minimum absolute atomic E-state index is 0.292. The summed E-state index contributed by atoms with van der Waals surface area (Å²) in [7, 11) is 0. The third-order valence-electron chi connectivity index (χ3n) is 2.73. The van der Waals surface area contributed by atoms with Gasteiger partial charge in [-0.25, -0.2) is 4.79 Å². The Bertz CT molecular complexity index is 394. The Kier molecular flexibility index (Phi) is 5.45. The van der Waals surface area contributed by atoms with Crippen LogP contribution in [0.3, 0.4) is 0 Å². The Morgan fingerprint density at radius 1 is 1.41 bits per heavy atom. The van der Waals surface area contributed by atoms with Crippen molar-refractivity contribution in [3.8, 4) is 0 Å². The van der Waals surface area contributed by atoms with Crippen molar-refractivity contribution in [1.29, 1.82) is 0 Å². The van der Waals surface area contributed by atoms with Crippen molar-refractivity contribution < 1.29 is 9.53 Å². The summed E-state index contributed by atoms with van der Waals surface area (Å²) < 4.78 is 5.28. The monoisotopic (exact) mass is 255 g/mol. The van der Waals surface area contributed by atoms with E-state index in [-0.39, 0.29) is 5.97 Å². The molecule has 17 heavy (non-hydrogen) atoms. The fourth-order valence-electron chi connectivity index (χ4n) is 1.47. The molecule has 94 valence electrons. The van der Waals surface area contributed by atoms with Crippen LogP contribution in [0.25, 0.3) is 0 Å². The number of rotatable bonds is 4. The molecule has 0 heterocycles. The maximum Gasteiger partial charge on any atom is 0.339 e. The first kappa shape index (κ1) is 14.0. The summed E-state index contributed by atoms with van der Waals surface area (Å²) >= 11 is 5.83. The van der Waals surface area contributed by atoms with Gasteiger partial charge < -0.3 is 10.5 Å². The van der Waals surface area contributed by atoms with E-state index in [0.717, 1.165) is 17.0 Å². The molecule has 0 atom stereocenters. The molecule has 3 nitrogen and oxygen atoms in total. The third-order valence-corrected chi connectivity index (χ3v) is 3.04. The third kappa shape index (κ3) is 4.36. The Balaban J connectivity index is 2.64. The van der Waals surface area contributed by atoms with Crippen LogP contribution < -0.4 is 5.73 Å². The Labute approximate surface area is 107 Å². The van der Waals surface area contributed by atoms with E-state index in [1.165, 1.54) is 0 Å². The highest BCUT2D eigenvalue weighted by Gasteiger charge is 2.15. The standard InChI is InChI=1S/C13H18ClNO2/c1-9(7-8-15)10(2)17-13(16)11-3-5-12(14)6-4-11/h3,5H,4,6-8,15H2,1-2H3. The average Bonchev–Trinajstić information content (AvgIpc) is 2.30. The van der Waals surface area contributed by atoms with Crippen molar-refractivity contribution in [1.82, 2.24) is 0 Å². The summed E-state index contributed by atoms with van der Waals surface area (Å²) in [5.74, 6) is 0.348. The minimum atomic E-state index is -0.292. The van der Waals surface area contributed by atoms with Crippen molar-refractivity contribution >= 4 is 17.6 Å². The predicted molar refractivity (Wildman–Crippen MR) is 69.4 cm³/mol. The molecule has 1 aliphatic carbocycles. The molecule has 0 aliphatic heterocycles. The minimum Gasteiger partial charge on any atom is -0.428 e. The zero-order valence-corrected chi connectivity index (χ0v) is 11.0. The highest BCUT2D eigenvalue weighted by atomic mass is 35.5. The van der Waals surface area contributed by atoms with E-state index in [1.807, 2.05) is 6.92 Å². The van der Waals surface area contributed by atoms with Gasteiger partial charge in [0.2, 0.25) is 0 Å². The van der Waals surface area contributed by atoms with E-state index in [0.29, 0.717) is 30.7 Å². The van der Waals surface area contributed by atoms with Crippen molar-refractivity contribution in [2.24, 2.45) is 5.73 Å². The number of esters is 1. The summed E-state index contributed by atoms with van der Waals surface area (Å²) in [5, 5.41) is 0.771. The lowest BCUT2D eigenvalue weighted by Crippen LogP contribution is -2.10. The van der Waals surface area contributed by atoms with Crippen molar-refractivity contribution in [3.63, 3.8) is 0 Å². The number of nitrogens with two attached hydrogens (primary N) is 1. The van der Waals surface area contributed by atoms with E-state index < -0.39 is 0 Å². The van der Waals surface area contributed by atoms with Gasteiger partial charge in [0, 0.05) is 10.6 Å². The molecule has 0 aromatic rings. The summed E-state index contributed by atoms with van der Waals surface area (Å²) in [6, 6.07) is 0. The van der Waals surface area contributed by atoms with Crippen LogP contribution in [-0.2, 0) is 9.53 Å². The van der Waals surface area contributed by atoms with E-state index in [4.69, 9.17) is 22.1 Å². The smallest absolute Gasteiger partial charge is 0.339 e. The van der Waals surface area contributed by atoms with Crippen LogP contribution in [0.4, 0.5) is 0 Å². The van der Waals surface area contributed by atoms with Crippen molar-refractivity contribution in [2.45, 2.75) is 33.1 Å². The van der Waals surface area contributed by atoms with E-state index >= 15 is 0 Å². The van der Waals surface area contributed by atoms with Crippen LogP contribution in [0.1, 0.15) is 33.1 Å². The summed E-state index contributed by atoms with van der Waals surface area (Å²) in [4.78, 5) is 11.8. The highest BCUT2D eigenvalue weighted by molar-refractivity contribution is 6.29. The molecule has 1 rings (SSSR count). The molecule has 0 amide bonds. The molecular formula is C13H18ClNO2. The zero-order chi connectivity index (χ0) is 12.8. The van der Waals surface area contributed by atoms with Gasteiger partial charge in [0.25, 0.3) is 0 Å². The Morgan fingerprint density at radius 3 is 2.65 bits per heavy atom. The Hall–Kier alpha value is -1.06. The lowest BCUT2D eigenvalue weighted by atomic mass is 10.1. The van der Waals surface area contributed by atoms with Gasteiger partial charge in [0.1, 0.15) is 5.76 Å². The van der Waals surface area contributed by atoms with Gasteiger partial charge in [-0.2, -0.15) is 0 Å². The van der Waals surface area contributed by atoms with Crippen LogP contribution in [0.2, 0.25) is 0 Å². The Morgan fingerprint density at radius 2 is 2.12 bits per heavy atom. The molecule has 0 bridgehead atoms. The zero-order valence-electron chi connectivity index (χ0n) is 10.3. The molecule has 0 radical (unpaired) electrons. The fraction of sp³-hybridized carbons (Fsp3) is 0.462. The van der Waals surface area contributed by atoms with Gasteiger partial charge in [0.05, 0.1) is 0 Å². The number of hydrogen-bond donors (Lipinski definition) is 1. The molecule has 0 aromatic carbocycles. The molecule has 0 aromatic heterocycles. The number of halogens is 1. The number of carbonyl (C=O) groups excluding carboxylic acids is 1. The number of allylic oxidation sites excluding steroid dienone is 4. The van der Waals surface area contributed by atoms with Crippen molar-refractivity contribution in [3.05, 3.63) is 34.1 Å². The van der Waals surface area contributed by atoms with Gasteiger partial charge in [-0.1, -0.05) is 17.7 Å². The van der Waals surface area contributed by atoms with Gasteiger partial charge in [-0.05, 0) is 51.3 Å². The van der Waals surface area contributed by atoms with Gasteiger partial charge in [-0.3, -0.25) is 0 Å². The molecule has 0 unspecified atom stereocenters. The molecular weight excluding hydrogens is 238 g/mol. The highest BCUT2D eigenvalue weighted by Crippen LogP contribution is 2.22. The molecule has 0 fully saturated rings. The van der Waals surface area contributed by atoms with Crippen molar-refractivity contribution in [2.75, 3.05) is 6.54 Å². The topological polar surface area (TPSA) is 52.3 Å². The second-order valence-corrected chi connectivity index (χ2v) is 4.56. The largest absolute Gasteiger partial charge is 0.428 e. The predicted octanol–water partition coefficient (Wildman–Crippen LogP) is 3.02. The van der Waals surface area contributed by atoms with Gasteiger partial charge >= 0.3 is 5.97 Å². The van der Waals surface area contributed by atoms with E-state index in [9.17, 15) is 4.79 Å². The molecule has 0 saturated heterocycles. The first-order chi connectivity index (χ1) is 8.04. The molecule has 0 saturated carbocycles. The molecule has 0 spiro atoms. The molecule has 4 heteroatoms. The first-order valence-corrected chi connectivity index (χ1v) is 6.06. The summed E-state index contributed by atoms with van der Waals surface area (Å²) in [5.41, 5.74) is 7.11. The lowest BCUT2D eigenvalue weighted by Gasteiger charge is -2.12. The van der Waals surface area contributed by atoms with Crippen LogP contribution in [0.15, 0.2) is 34.1 Å². The maximum atomic E-state index is 11.8. The first-order valence-electron chi connectivity index (χ1n) is 5.68. The molecule has 1 aliphatic rings. The lowest BCUT2D eigenvalue weighted by molar-refractivity contribution is -0.135. The van der Waals surface area contributed by atoms with Crippen LogP contribution >= 0.6 is 11.6 Å². The summed E-state index contributed by atoms with van der Waals surface area (Å²) in [6.07, 6.45) is 5.54. The van der Waals surface area contributed by atoms with Crippen LogP contribution in [0, 0.1) is 0 Å². The second-order valence-electron chi connectivity index (χ2n) is 4.07.